The van der Waals surface area contributed by atoms with E-state index in [1.165, 1.54) is 28.6 Å². The Bertz CT molecular complexity index is 927. The molecule has 23 heavy (non-hydrogen) atoms. The van der Waals surface area contributed by atoms with Crippen molar-refractivity contribution in [2.75, 3.05) is 0 Å². The van der Waals surface area contributed by atoms with Gasteiger partial charge in [0.25, 0.3) is 5.56 Å². The first kappa shape index (κ1) is 14.9. The number of thioether (sulfide) groups is 1. The first-order valence-corrected chi connectivity index (χ1v) is 9.33. The van der Waals surface area contributed by atoms with E-state index >= 15 is 0 Å². The number of hydrogen-bond acceptors (Lipinski definition) is 7. The summed E-state index contributed by atoms with van der Waals surface area (Å²) in [5.41, 5.74) is 1.17. The Balaban J connectivity index is 1.70. The summed E-state index contributed by atoms with van der Waals surface area (Å²) in [6, 6.07) is 0. The van der Waals surface area contributed by atoms with Crippen LogP contribution in [0, 0.1) is 6.92 Å². The molecule has 8 heteroatoms. The molecule has 0 amide bonds. The first-order valence-electron chi connectivity index (χ1n) is 7.63. The molecule has 0 fully saturated rings. The molecule has 4 rings (SSSR count). The third-order valence-electron chi connectivity index (χ3n) is 3.98. The lowest BCUT2D eigenvalue weighted by Gasteiger charge is -2.09. The van der Waals surface area contributed by atoms with Crippen LogP contribution in [-0.2, 0) is 12.8 Å². The molecule has 3 aromatic heterocycles. The highest BCUT2D eigenvalue weighted by molar-refractivity contribution is 7.99. The molecule has 0 unspecified atom stereocenters. The second-order valence-corrected chi connectivity index (χ2v) is 8.12. The fourth-order valence-electron chi connectivity index (χ4n) is 2.90. The Morgan fingerprint density at radius 2 is 2.13 bits per heavy atom. The zero-order chi connectivity index (χ0) is 16.0. The number of aromatic amines is 1. The van der Waals surface area contributed by atoms with Crippen molar-refractivity contribution < 1.29 is 4.52 Å². The van der Waals surface area contributed by atoms with Gasteiger partial charge in [-0.05, 0) is 45.1 Å². The standard InChI is InChI=1S/C15H16N4O2S2/c1-7(13-16-8(2)19-21-13)22-15-17-12(20)11-9-5-3-4-6-10(9)23-14(11)18-15/h7H,3-6H2,1-2H3,(H,17,18,20)/t7-/m1/s1. The van der Waals surface area contributed by atoms with Gasteiger partial charge in [-0.25, -0.2) is 4.98 Å². The third-order valence-corrected chi connectivity index (χ3v) is 6.14. The number of fused-ring (bicyclic) bond motifs is 3. The molecule has 3 aromatic rings. The second kappa shape index (κ2) is 5.76. The minimum atomic E-state index is -0.0635. The molecule has 0 radical (unpaired) electrons. The van der Waals surface area contributed by atoms with Crippen LogP contribution in [-0.4, -0.2) is 20.1 Å². The average Bonchev–Trinajstić information content (AvgIpc) is 3.10. The number of H-pyrrole nitrogens is 1. The molecule has 0 aliphatic heterocycles. The van der Waals surface area contributed by atoms with E-state index in [-0.39, 0.29) is 10.8 Å². The Morgan fingerprint density at radius 3 is 2.91 bits per heavy atom. The topological polar surface area (TPSA) is 84.7 Å². The summed E-state index contributed by atoms with van der Waals surface area (Å²) in [5, 5.41) is 5.13. The highest BCUT2D eigenvalue weighted by Gasteiger charge is 2.21. The van der Waals surface area contributed by atoms with Gasteiger partial charge in [-0.1, -0.05) is 16.9 Å². The van der Waals surface area contributed by atoms with E-state index < -0.39 is 0 Å². The van der Waals surface area contributed by atoms with Crippen molar-refractivity contribution in [1.29, 1.82) is 0 Å². The molecule has 0 saturated carbocycles. The predicted molar refractivity (Wildman–Crippen MR) is 90.2 cm³/mol. The van der Waals surface area contributed by atoms with Gasteiger partial charge in [0, 0.05) is 4.88 Å². The van der Waals surface area contributed by atoms with Gasteiger partial charge in [-0.2, -0.15) is 4.98 Å². The number of aromatic nitrogens is 4. The van der Waals surface area contributed by atoms with E-state index in [0.717, 1.165) is 29.5 Å². The molecular weight excluding hydrogens is 332 g/mol. The van der Waals surface area contributed by atoms with Crippen molar-refractivity contribution in [1.82, 2.24) is 20.1 Å². The summed E-state index contributed by atoms with van der Waals surface area (Å²) in [6.45, 7) is 3.74. The maximum absolute atomic E-state index is 12.5. The summed E-state index contributed by atoms with van der Waals surface area (Å²) in [5.74, 6) is 1.15. The van der Waals surface area contributed by atoms with Gasteiger partial charge in [-0.3, -0.25) is 4.79 Å². The number of hydrogen-bond donors (Lipinski definition) is 1. The van der Waals surface area contributed by atoms with E-state index in [1.54, 1.807) is 18.3 Å². The van der Waals surface area contributed by atoms with Gasteiger partial charge < -0.3 is 9.51 Å². The Kier molecular flexibility index (Phi) is 3.73. The quantitative estimate of drug-likeness (QED) is 0.577. The van der Waals surface area contributed by atoms with E-state index in [1.807, 2.05) is 6.92 Å². The van der Waals surface area contributed by atoms with Crippen molar-refractivity contribution >= 4 is 33.3 Å². The normalized spacial score (nSPS) is 15.7. The Hall–Kier alpha value is -1.67. The number of thiophene rings is 1. The van der Waals surface area contributed by atoms with Gasteiger partial charge in [0.15, 0.2) is 11.0 Å². The van der Waals surface area contributed by atoms with Gasteiger partial charge in [0.1, 0.15) is 4.83 Å². The van der Waals surface area contributed by atoms with Crippen molar-refractivity contribution in [2.24, 2.45) is 0 Å². The summed E-state index contributed by atoms with van der Waals surface area (Å²) in [4.78, 5) is 26.5. The molecule has 1 aliphatic rings. The van der Waals surface area contributed by atoms with Gasteiger partial charge >= 0.3 is 0 Å². The molecular formula is C15H16N4O2S2. The minimum Gasteiger partial charge on any atom is -0.338 e. The largest absolute Gasteiger partial charge is 0.338 e. The summed E-state index contributed by atoms with van der Waals surface area (Å²) in [6.07, 6.45) is 4.41. The fraction of sp³-hybridized carbons (Fsp3) is 0.467. The highest BCUT2D eigenvalue weighted by Crippen LogP contribution is 2.36. The second-order valence-electron chi connectivity index (χ2n) is 5.70. The molecule has 0 bridgehead atoms. The van der Waals surface area contributed by atoms with Crippen LogP contribution >= 0.6 is 23.1 Å². The molecule has 1 aliphatic carbocycles. The van der Waals surface area contributed by atoms with Crippen LogP contribution in [0.4, 0.5) is 0 Å². The van der Waals surface area contributed by atoms with Crippen molar-refractivity contribution in [3.8, 4) is 0 Å². The molecule has 0 saturated heterocycles. The van der Waals surface area contributed by atoms with E-state index in [9.17, 15) is 4.79 Å². The average molecular weight is 348 g/mol. The van der Waals surface area contributed by atoms with Crippen molar-refractivity contribution in [3.05, 3.63) is 32.5 Å². The lowest BCUT2D eigenvalue weighted by Crippen LogP contribution is -2.11. The lowest BCUT2D eigenvalue weighted by atomic mass is 9.97. The predicted octanol–water partition coefficient (Wildman–Crippen LogP) is 3.41. The number of nitrogens with zero attached hydrogens (tertiary/aromatic N) is 3. The Morgan fingerprint density at radius 1 is 1.30 bits per heavy atom. The van der Waals surface area contributed by atoms with Gasteiger partial charge in [0.05, 0.1) is 10.6 Å². The molecule has 0 spiro atoms. The fourth-order valence-corrected chi connectivity index (χ4v) is 5.04. The summed E-state index contributed by atoms with van der Waals surface area (Å²) in [7, 11) is 0. The molecule has 1 atom stereocenters. The van der Waals surface area contributed by atoms with E-state index in [4.69, 9.17) is 4.52 Å². The SMILES string of the molecule is Cc1noc([C@@H](C)Sc2nc3sc4c(c3c(=O)[nH]2)CCCC4)n1. The monoisotopic (exact) mass is 348 g/mol. The zero-order valence-electron chi connectivity index (χ0n) is 12.9. The van der Waals surface area contributed by atoms with Crippen LogP contribution in [0.3, 0.4) is 0 Å². The highest BCUT2D eigenvalue weighted by atomic mass is 32.2. The minimum absolute atomic E-state index is 0.0363. The maximum Gasteiger partial charge on any atom is 0.260 e. The molecule has 1 N–H and O–H groups in total. The maximum atomic E-state index is 12.5. The Labute approximate surface area is 140 Å². The van der Waals surface area contributed by atoms with Gasteiger partial charge in [-0.15, -0.1) is 11.3 Å². The molecule has 3 heterocycles. The summed E-state index contributed by atoms with van der Waals surface area (Å²) >= 11 is 3.09. The number of nitrogens with one attached hydrogen (secondary N) is 1. The van der Waals surface area contributed by atoms with Crippen LogP contribution in [0.25, 0.3) is 10.2 Å². The molecule has 6 nitrogen and oxygen atoms in total. The van der Waals surface area contributed by atoms with Crippen molar-refractivity contribution in [2.45, 2.75) is 49.9 Å². The lowest BCUT2D eigenvalue weighted by molar-refractivity contribution is 0.376. The summed E-state index contributed by atoms with van der Waals surface area (Å²) < 4.78 is 5.18. The van der Waals surface area contributed by atoms with Crippen LogP contribution in [0.5, 0.6) is 0 Å². The molecule has 120 valence electrons. The number of rotatable bonds is 3. The van der Waals surface area contributed by atoms with Crippen LogP contribution in [0.15, 0.2) is 14.5 Å². The van der Waals surface area contributed by atoms with Gasteiger partial charge in [0.2, 0.25) is 5.89 Å². The molecule has 0 aromatic carbocycles. The van der Waals surface area contributed by atoms with Crippen LogP contribution < -0.4 is 5.56 Å². The third kappa shape index (κ3) is 2.70. The number of aryl methyl sites for hydroxylation is 3. The van der Waals surface area contributed by atoms with E-state index in [2.05, 4.69) is 20.1 Å². The van der Waals surface area contributed by atoms with Crippen LogP contribution in [0.1, 0.15) is 47.2 Å². The van der Waals surface area contributed by atoms with E-state index in [0.29, 0.717) is 16.9 Å². The van der Waals surface area contributed by atoms with Crippen molar-refractivity contribution in [3.63, 3.8) is 0 Å². The van der Waals surface area contributed by atoms with Crippen LogP contribution in [0.2, 0.25) is 0 Å². The first-order chi connectivity index (χ1) is 11.1. The zero-order valence-corrected chi connectivity index (χ0v) is 14.5. The smallest absolute Gasteiger partial charge is 0.260 e.